The summed E-state index contributed by atoms with van der Waals surface area (Å²) < 4.78 is 1.18. The van der Waals surface area contributed by atoms with E-state index in [4.69, 9.17) is 0 Å². The molecule has 0 aliphatic heterocycles. The van der Waals surface area contributed by atoms with Crippen LogP contribution < -0.4 is 0 Å². The monoisotopic (exact) mass is 317 g/mol. The summed E-state index contributed by atoms with van der Waals surface area (Å²) in [6.45, 7) is 6.19. The molecule has 1 aromatic carbocycles. The fraction of sp³-hybridized carbons (Fsp3) is 0.400. The molecular formula is C15H19N5O3. The zero-order valence-corrected chi connectivity index (χ0v) is 13.3. The van der Waals surface area contributed by atoms with Gasteiger partial charge in [-0.2, -0.15) is 4.68 Å². The van der Waals surface area contributed by atoms with Crippen LogP contribution in [0.5, 0.6) is 0 Å². The van der Waals surface area contributed by atoms with Crippen LogP contribution in [0.1, 0.15) is 26.3 Å². The third kappa shape index (κ3) is 4.35. The van der Waals surface area contributed by atoms with E-state index in [9.17, 15) is 14.9 Å². The van der Waals surface area contributed by atoms with Crippen LogP contribution >= 0.6 is 0 Å². The second kappa shape index (κ2) is 6.55. The molecule has 0 fully saturated rings. The molecule has 8 nitrogen and oxygen atoms in total. The molecule has 1 amide bonds. The van der Waals surface area contributed by atoms with Crippen LogP contribution in [-0.2, 0) is 17.9 Å². The van der Waals surface area contributed by atoms with Crippen molar-refractivity contribution in [3.8, 4) is 0 Å². The number of nitro groups is 1. The molecule has 0 saturated heterocycles. The Morgan fingerprint density at radius 3 is 2.48 bits per heavy atom. The van der Waals surface area contributed by atoms with Gasteiger partial charge in [-0.25, -0.2) is 0 Å². The number of hydrogen-bond donors (Lipinski definition) is 0. The van der Waals surface area contributed by atoms with Gasteiger partial charge in [-0.3, -0.25) is 4.79 Å². The summed E-state index contributed by atoms with van der Waals surface area (Å²) in [5, 5.41) is 14.3. The lowest BCUT2D eigenvalue weighted by Gasteiger charge is -2.35. The maximum atomic E-state index is 12.6. The van der Waals surface area contributed by atoms with Gasteiger partial charge in [0, 0.05) is 17.2 Å². The van der Waals surface area contributed by atoms with Crippen LogP contribution in [0, 0.1) is 10.1 Å². The van der Waals surface area contributed by atoms with Crippen molar-refractivity contribution in [2.45, 2.75) is 39.4 Å². The number of rotatable bonds is 5. The molecule has 0 saturated carbocycles. The summed E-state index contributed by atoms with van der Waals surface area (Å²) in [5.41, 5.74) is 0.625. The van der Waals surface area contributed by atoms with Crippen molar-refractivity contribution in [1.29, 1.82) is 0 Å². The molecule has 2 rings (SSSR count). The van der Waals surface area contributed by atoms with Crippen molar-refractivity contribution in [3.05, 3.63) is 52.3 Å². The lowest BCUT2D eigenvalue weighted by atomic mass is 10.0. The predicted octanol–water partition coefficient (Wildman–Crippen LogP) is 2.01. The Kier molecular flexibility index (Phi) is 4.73. The first-order chi connectivity index (χ1) is 10.8. The first-order valence-electron chi connectivity index (χ1n) is 7.15. The second-order valence-corrected chi connectivity index (χ2v) is 6.14. The van der Waals surface area contributed by atoms with E-state index in [0.29, 0.717) is 6.54 Å². The Balaban J connectivity index is 2.15. The van der Waals surface area contributed by atoms with Gasteiger partial charge in [-0.15, -0.1) is 0 Å². The molecule has 0 aliphatic carbocycles. The maximum Gasteiger partial charge on any atom is 0.490 e. The van der Waals surface area contributed by atoms with Crippen LogP contribution in [0.3, 0.4) is 0 Å². The highest BCUT2D eigenvalue weighted by molar-refractivity contribution is 5.76. The standard InChI is InChI=1S/C15H19N5O3/c1-15(2,3)19(9-12-7-5-4-6-8-12)13(21)10-18-11-16-14(17-18)20(22)23/h4-8,11H,9-10H2,1-3H3. The molecule has 1 aromatic heterocycles. The molecule has 0 atom stereocenters. The summed E-state index contributed by atoms with van der Waals surface area (Å²) in [7, 11) is 0. The third-order valence-electron chi connectivity index (χ3n) is 3.28. The van der Waals surface area contributed by atoms with E-state index in [-0.39, 0.29) is 18.0 Å². The van der Waals surface area contributed by atoms with E-state index in [1.54, 1.807) is 4.90 Å². The zero-order chi connectivity index (χ0) is 17.0. The minimum absolute atomic E-state index is 0.0923. The lowest BCUT2D eigenvalue weighted by molar-refractivity contribution is -0.394. The molecular weight excluding hydrogens is 298 g/mol. The van der Waals surface area contributed by atoms with Crippen molar-refractivity contribution in [2.75, 3.05) is 0 Å². The van der Waals surface area contributed by atoms with Crippen LogP contribution in [0.15, 0.2) is 36.7 Å². The van der Waals surface area contributed by atoms with Crippen molar-refractivity contribution in [3.63, 3.8) is 0 Å². The molecule has 0 radical (unpaired) electrons. The Labute approximate surface area is 133 Å². The second-order valence-electron chi connectivity index (χ2n) is 6.14. The van der Waals surface area contributed by atoms with Gasteiger partial charge < -0.3 is 15.0 Å². The maximum absolute atomic E-state index is 12.6. The largest absolute Gasteiger partial charge is 0.490 e. The summed E-state index contributed by atoms with van der Waals surface area (Å²) in [5.74, 6) is -0.690. The van der Waals surface area contributed by atoms with Crippen LogP contribution in [-0.4, -0.2) is 36.0 Å². The predicted molar refractivity (Wildman–Crippen MR) is 83.4 cm³/mol. The van der Waals surface area contributed by atoms with Gasteiger partial charge in [0.25, 0.3) is 0 Å². The van der Waals surface area contributed by atoms with Gasteiger partial charge >= 0.3 is 5.95 Å². The fourth-order valence-corrected chi connectivity index (χ4v) is 2.13. The number of nitrogens with zero attached hydrogens (tertiary/aromatic N) is 5. The molecule has 0 N–H and O–H groups in total. The topological polar surface area (TPSA) is 94.2 Å². The molecule has 8 heteroatoms. The van der Waals surface area contributed by atoms with Crippen molar-refractivity contribution in [1.82, 2.24) is 19.7 Å². The molecule has 2 aromatic rings. The average Bonchev–Trinajstić information content (AvgIpc) is 2.93. The first kappa shape index (κ1) is 16.6. The average molecular weight is 317 g/mol. The number of carbonyl (C=O) groups excluding carboxylic acids is 1. The normalized spacial score (nSPS) is 11.3. The summed E-state index contributed by atoms with van der Waals surface area (Å²) in [6, 6.07) is 9.66. The van der Waals surface area contributed by atoms with Crippen LogP contribution in [0.25, 0.3) is 0 Å². The molecule has 0 unspecified atom stereocenters. The molecule has 0 bridgehead atoms. The SMILES string of the molecule is CC(C)(C)N(Cc1ccccc1)C(=O)Cn1cnc([N+](=O)[O-])n1. The minimum Gasteiger partial charge on any atom is -0.390 e. The van der Waals surface area contributed by atoms with Gasteiger partial charge in [0.1, 0.15) is 6.54 Å². The minimum atomic E-state index is -0.688. The fourth-order valence-electron chi connectivity index (χ4n) is 2.13. The summed E-state index contributed by atoms with van der Waals surface area (Å²) in [4.78, 5) is 27.8. The summed E-state index contributed by atoms with van der Waals surface area (Å²) in [6.07, 6.45) is 1.19. The number of aromatic nitrogens is 3. The highest BCUT2D eigenvalue weighted by Crippen LogP contribution is 2.18. The van der Waals surface area contributed by atoms with Crippen molar-refractivity contribution >= 4 is 11.9 Å². The molecule has 0 aliphatic rings. The van der Waals surface area contributed by atoms with Gasteiger partial charge in [0.2, 0.25) is 12.2 Å². The Morgan fingerprint density at radius 1 is 1.30 bits per heavy atom. The van der Waals surface area contributed by atoms with Crippen LogP contribution in [0.2, 0.25) is 0 Å². The van der Waals surface area contributed by atoms with Crippen molar-refractivity contribution < 1.29 is 9.72 Å². The molecule has 0 spiro atoms. The Bertz CT molecular complexity index is 691. The smallest absolute Gasteiger partial charge is 0.390 e. The van der Waals surface area contributed by atoms with Gasteiger partial charge in [-0.1, -0.05) is 35.3 Å². The lowest BCUT2D eigenvalue weighted by Crippen LogP contribution is -2.46. The van der Waals surface area contributed by atoms with Crippen LogP contribution in [0.4, 0.5) is 5.95 Å². The van der Waals surface area contributed by atoms with E-state index < -0.39 is 10.9 Å². The molecule has 23 heavy (non-hydrogen) atoms. The van der Waals surface area contributed by atoms with E-state index in [1.165, 1.54) is 11.0 Å². The van der Waals surface area contributed by atoms with Gasteiger partial charge in [0.15, 0.2) is 0 Å². The highest BCUT2D eigenvalue weighted by atomic mass is 16.6. The number of hydrogen-bond acceptors (Lipinski definition) is 5. The number of benzene rings is 1. The molecule has 122 valence electrons. The third-order valence-corrected chi connectivity index (χ3v) is 3.28. The van der Waals surface area contributed by atoms with E-state index in [0.717, 1.165) is 5.56 Å². The zero-order valence-electron chi connectivity index (χ0n) is 13.3. The first-order valence-corrected chi connectivity index (χ1v) is 7.15. The number of amides is 1. The highest BCUT2D eigenvalue weighted by Gasteiger charge is 2.28. The van der Waals surface area contributed by atoms with Gasteiger partial charge in [0.05, 0.1) is 0 Å². The number of carbonyl (C=O) groups is 1. The van der Waals surface area contributed by atoms with E-state index >= 15 is 0 Å². The van der Waals surface area contributed by atoms with E-state index in [1.807, 2.05) is 51.1 Å². The van der Waals surface area contributed by atoms with Gasteiger partial charge in [-0.05, 0) is 31.3 Å². The Hall–Kier alpha value is -2.77. The Morgan fingerprint density at radius 2 is 1.96 bits per heavy atom. The summed E-state index contributed by atoms with van der Waals surface area (Å²) >= 11 is 0. The van der Waals surface area contributed by atoms with E-state index in [2.05, 4.69) is 10.1 Å². The van der Waals surface area contributed by atoms with Crippen molar-refractivity contribution in [2.24, 2.45) is 0 Å². The quantitative estimate of drug-likeness (QED) is 0.621. The molecule has 1 heterocycles.